The molecular formula is C18H21BrO5. The maximum Gasteiger partial charge on any atom is 0.323 e. The molecule has 0 aromatic heterocycles. The van der Waals surface area contributed by atoms with Crippen LogP contribution in [0.1, 0.15) is 29.6 Å². The molecule has 6 heteroatoms. The number of hydrogen-bond donors (Lipinski definition) is 0. The third-order valence-corrected chi connectivity index (χ3v) is 4.12. The summed E-state index contributed by atoms with van der Waals surface area (Å²) < 4.78 is 9.62. The first kappa shape index (κ1) is 20.1. The van der Waals surface area contributed by atoms with E-state index in [1.54, 1.807) is 36.4 Å². The fourth-order valence-electron chi connectivity index (χ4n) is 2.39. The second-order valence-electron chi connectivity index (χ2n) is 5.18. The Morgan fingerprint density at radius 2 is 1.62 bits per heavy atom. The number of benzene rings is 1. The zero-order valence-electron chi connectivity index (χ0n) is 13.8. The number of hydrogen-bond acceptors (Lipinski definition) is 5. The van der Waals surface area contributed by atoms with Gasteiger partial charge in [0, 0.05) is 17.3 Å². The molecule has 0 radical (unpaired) electrons. The first-order valence-corrected chi connectivity index (χ1v) is 8.60. The van der Waals surface area contributed by atoms with Gasteiger partial charge in [0.2, 0.25) is 0 Å². The van der Waals surface area contributed by atoms with Gasteiger partial charge in [0.1, 0.15) is 0 Å². The van der Waals surface area contributed by atoms with Gasteiger partial charge in [-0.1, -0.05) is 58.4 Å². The maximum absolute atomic E-state index is 12.3. The third kappa shape index (κ3) is 5.03. The quantitative estimate of drug-likeness (QED) is 0.210. The van der Waals surface area contributed by atoms with Gasteiger partial charge in [-0.3, -0.25) is 14.4 Å². The van der Waals surface area contributed by atoms with Crippen molar-refractivity contribution in [3.8, 4) is 0 Å². The highest BCUT2D eigenvalue weighted by molar-refractivity contribution is 9.09. The van der Waals surface area contributed by atoms with Crippen LogP contribution in [0.15, 0.2) is 42.5 Å². The van der Waals surface area contributed by atoms with Crippen molar-refractivity contribution in [3.63, 3.8) is 0 Å². The highest BCUT2D eigenvalue weighted by Crippen LogP contribution is 2.33. The molecule has 0 spiro atoms. The Hall–Kier alpha value is -1.95. The van der Waals surface area contributed by atoms with Crippen molar-refractivity contribution in [1.29, 1.82) is 0 Å². The molecule has 1 aromatic carbocycles. The van der Waals surface area contributed by atoms with Crippen molar-refractivity contribution in [3.05, 3.63) is 48.0 Å². The molecule has 0 fully saturated rings. The summed E-state index contributed by atoms with van der Waals surface area (Å²) in [6.07, 6.45) is 3.65. The third-order valence-electron chi connectivity index (χ3n) is 3.75. The van der Waals surface area contributed by atoms with E-state index in [9.17, 15) is 14.4 Å². The van der Waals surface area contributed by atoms with Crippen LogP contribution in [0.2, 0.25) is 0 Å². The van der Waals surface area contributed by atoms with Gasteiger partial charge < -0.3 is 9.47 Å². The topological polar surface area (TPSA) is 69.7 Å². The average Bonchev–Trinajstić information content (AvgIpc) is 2.63. The lowest BCUT2D eigenvalue weighted by Gasteiger charge is -2.26. The fraction of sp³-hybridized carbons (Fsp3) is 0.389. The number of allylic oxidation sites excluding steroid dienone is 2. The van der Waals surface area contributed by atoms with Crippen LogP contribution in [0.5, 0.6) is 0 Å². The Bertz CT molecular complexity index is 579. The first-order chi connectivity index (χ1) is 11.5. The molecule has 0 N–H and O–H groups in total. The van der Waals surface area contributed by atoms with Crippen LogP contribution in [0.4, 0.5) is 0 Å². The molecule has 0 saturated heterocycles. The second-order valence-corrected chi connectivity index (χ2v) is 5.83. The highest BCUT2D eigenvalue weighted by atomic mass is 79.9. The lowest BCUT2D eigenvalue weighted by atomic mass is 9.78. The lowest BCUT2D eigenvalue weighted by Crippen LogP contribution is -2.41. The van der Waals surface area contributed by atoms with Crippen molar-refractivity contribution in [2.75, 3.05) is 19.5 Å². The smallest absolute Gasteiger partial charge is 0.323 e. The highest BCUT2D eigenvalue weighted by Gasteiger charge is 2.47. The largest absolute Gasteiger partial charge is 0.468 e. The number of ketones is 1. The Morgan fingerprint density at radius 3 is 2.12 bits per heavy atom. The Kier molecular flexibility index (Phi) is 8.40. The molecular weight excluding hydrogens is 376 g/mol. The molecule has 0 bridgehead atoms. The average molecular weight is 397 g/mol. The van der Waals surface area contributed by atoms with Crippen molar-refractivity contribution < 1.29 is 23.9 Å². The molecule has 0 heterocycles. The first-order valence-electron chi connectivity index (χ1n) is 7.48. The van der Waals surface area contributed by atoms with E-state index in [1.807, 2.05) is 6.07 Å². The monoisotopic (exact) mass is 396 g/mol. The van der Waals surface area contributed by atoms with E-state index in [-0.39, 0.29) is 25.0 Å². The number of alkyl halides is 1. The van der Waals surface area contributed by atoms with Gasteiger partial charge in [-0.2, -0.15) is 0 Å². The Labute approximate surface area is 150 Å². The summed E-state index contributed by atoms with van der Waals surface area (Å²) in [6, 6.07) is 8.74. The number of carbonyl (C=O) groups is 3. The van der Waals surface area contributed by atoms with Gasteiger partial charge in [-0.15, -0.1) is 0 Å². The molecule has 0 aliphatic heterocycles. The number of Topliss-reactive ketones (excluding diaryl/α,β-unsaturated/α-hetero) is 1. The SMILES string of the molecule is COC(=O)C(C/C=C/CBr)(CCC(=O)c1ccccc1)C(=O)OC. The number of methoxy groups -OCH3 is 2. The predicted octanol–water partition coefficient (Wildman–Crippen LogP) is 3.32. The van der Waals surface area contributed by atoms with Crippen LogP contribution in [0.25, 0.3) is 0 Å². The van der Waals surface area contributed by atoms with Crippen LogP contribution in [-0.4, -0.2) is 37.3 Å². The minimum Gasteiger partial charge on any atom is -0.468 e. The summed E-state index contributed by atoms with van der Waals surface area (Å²) >= 11 is 3.24. The van der Waals surface area contributed by atoms with E-state index in [1.165, 1.54) is 14.2 Å². The zero-order chi connectivity index (χ0) is 18.0. The molecule has 24 heavy (non-hydrogen) atoms. The Morgan fingerprint density at radius 1 is 1.04 bits per heavy atom. The molecule has 1 rings (SSSR count). The van der Waals surface area contributed by atoms with Gasteiger partial charge in [-0.05, 0) is 12.8 Å². The molecule has 0 aliphatic rings. The van der Waals surface area contributed by atoms with Gasteiger partial charge >= 0.3 is 11.9 Å². The molecule has 0 unspecified atom stereocenters. The van der Waals surface area contributed by atoms with E-state index in [2.05, 4.69) is 15.9 Å². The van der Waals surface area contributed by atoms with Crippen molar-refractivity contribution in [2.24, 2.45) is 5.41 Å². The minimum atomic E-state index is -1.52. The van der Waals surface area contributed by atoms with Gasteiger partial charge in [-0.25, -0.2) is 0 Å². The number of halogens is 1. The molecule has 130 valence electrons. The predicted molar refractivity (Wildman–Crippen MR) is 94.0 cm³/mol. The summed E-state index contributed by atoms with van der Waals surface area (Å²) in [6.45, 7) is 0. The van der Waals surface area contributed by atoms with E-state index >= 15 is 0 Å². The number of rotatable bonds is 9. The number of esters is 2. The van der Waals surface area contributed by atoms with Crippen molar-refractivity contribution >= 4 is 33.7 Å². The van der Waals surface area contributed by atoms with Crippen LogP contribution < -0.4 is 0 Å². The molecule has 0 atom stereocenters. The fourth-order valence-corrected chi connectivity index (χ4v) is 2.65. The van der Waals surface area contributed by atoms with E-state index in [4.69, 9.17) is 9.47 Å². The summed E-state index contributed by atoms with van der Waals surface area (Å²) in [7, 11) is 2.43. The zero-order valence-corrected chi connectivity index (χ0v) is 15.4. The minimum absolute atomic E-state index is 0.0205. The lowest BCUT2D eigenvalue weighted by molar-refractivity contribution is -0.169. The summed E-state index contributed by atoms with van der Waals surface area (Å²) in [5, 5.41) is 0.592. The summed E-state index contributed by atoms with van der Waals surface area (Å²) in [5.41, 5.74) is -0.982. The second kappa shape index (κ2) is 10.0. The Balaban J connectivity index is 3.02. The summed E-state index contributed by atoms with van der Waals surface area (Å²) in [5.74, 6) is -1.54. The van der Waals surface area contributed by atoms with Crippen molar-refractivity contribution in [1.82, 2.24) is 0 Å². The molecule has 1 aromatic rings. The summed E-state index contributed by atoms with van der Waals surface area (Å²) in [4.78, 5) is 36.9. The molecule has 0 amide bonds. The number of ether oxygens (including phenoxy) is 2. The van der Waals surface area contributed by atoms with E-state index < -0.39 is 17.4 Å². The van der Waals surface area contributed by atoms with Gasteiger partial charge in [0.15, 0.2) is 11.2 Å². The van der Waals surface area contributed by atoms with Crippen molar-refractivity contribution in [2.45, 2.75) is 19.3 Å². The molecule has 0 saturated carbocycles. The standard InChI is InChI=1S/C18H21BrO5/c1-23-16(21)18(17(22)24-2,11-6-7-13-19)12-10-15(20)14-8-4-3-5-9-14/h3-9H,10-13H2,1-2H3/b7-6+. The van der Waals surface area contributed by atoms with Gasteiger partial charge in [0.25, 0.3) is 0 Å². The molecule has 5 nitrogen and oxygen atoms in total. The number of carbonyl (C=O) groups excluding carboxylic acids is 3. The van der Waals surface area contributed by atoms with Crippen LogP contribution in [-0.2, 0) is 19.1 Å². The van der Waals surface area contributed by atoms with E-state index in [0.29, 0.717) is 10.9 Å². The molecule has 0 aliphatic carbocycles. The van der Waals surface area contributed by atoms with Crippen LogP contribution >= 0.6 is 15.9 Å². The van der Waals surface area contributed by atoms with Crippen LogP contribution in [0, 0.1) is 5.41 Å². The maximum atomic E-state index is 12.3. The van der Waals surface area contributed by atoms with E-state index in [0.717, 1.165) is 0 Å². The van der Waals surface area contributed by atoms with Gasteiger partial charge in [0.05, 0.1) is 14.2 Å². The normalized spacial score (nSPS) is 11.3. The van der Waals surface area contributed by atoms with Crippen LogP contribution in [0.3, 0.4) is 0 Å².